The quantitative estimate of drug-likeness (QED) is 0.828. The fraction of sp³-hybridized carbons (Fsp3) is 0.786. The zero-order chi connectivity index (χ0) is 13.7. The summed E-state index contributed by atoms with van der Waals surface area (Å²) in [6.07, 6.45) is 8.06. The SMILES string of the molecule is CC(CC(=O)O)Cc1nc(C2CCCCCC2)no1. The van der Waals surface area contributed by atoms with E-state index in [0.717, 1.165) is 18.7 Å². The molecule has 1 aliphatic rings. The number of aliphatic carboxylic acids is 1. The number of carbonyl (C=O) groups is 1. The lowest BCUT2D eigenvalue weighted by molar-refractivity contribution is -0.137. The molecule has 2 rings (SSSR count). The van der Waals surface area contributed by atoms with Crippen molar-refractivity contribution in [2.45, 2.75) is 64.2 Å². The Hall–Kier alpha value is -1.39. The van der Waals surface area contributed by atoms with Gasteiger partial charge in [0.1, 0.15) is 0 Å². The van der Waals surface area contributed by atoms with Gasteiger partial charge in [0.15, 0.2) is 5.82 Å². The zero-order valence-corrected chi connectivity index (χ0v) is 11.5. The van der Waals surface area contributed by atoms with Gasteiger partial charge < -0.3 is 9.63 Å². The first kappa shape index (κ1) is 14.0. The lowest BCUT2D eigenvalue weighted by Gasteiger charge is -2.07. The van der Waals surface area contributed by atoms with Crippen LogP contribution in [0.2, 0.25) is 0 Å². The Morgan fingerprint density at radius 3 is 2.68 bits per heavy atom. The van der Waals surface area contributed by atoms with Crippen molar-refractivity contribution < 1.29 is 14.4 Å². The Morgan fingerprint density at radius 2 is 2.05 bits per heavy atom. The lowest BCUT2D eigenvalue weighted by atomic mass is 10.00. The number of rotatable bonds is 5. The van der Waals surface area contributed by atoms with Crippen molar-refractivity contribution in [2.24, 2.45) is 5.92 Å². The van der Waals surface area contributed by atoms with E-state index in [4.69, 9.17) is 9.63 Å². The third-order valence-electron chi connectivity index (χ3n) is 3.75. The second-order valence-corrected chi connectivity index (χ2v) is 5.64. The van der Waals surface area contributed by atoms with Gasteiger partial charge in [-0.15, -0.1) is 0 Å². The standard InChI is InChI=1S/C14H22N2O3/c1-10(9-13(17)18)8-12-15-14(16-19-12)11-6-4-2-3-5-7-11/h10-11H,2-9H2,1H3,(H,17,18). The molecule has 1 saturated carbocycles. The predicted octanol–water partition coefficient (Wildman–Crippen LogP) is 3.16. The van der Waals surface area contributed by atoms with Crippen LogP contribution in [0, 0.1) is 5.92 Å². The largest absolute Gasteiger partial charge is 0.481 e. The van der Waals surface area contributed by atoms with E-state index < -0.39 is 5.97 Å². The fourth-order valence-corrected chi connectivity index (χ4v) is 2.72. The normalized spacial score (nSPS) is 19.0. The molecular formula is C14H22N2O3. The molecular weight excluding hydrogens is 244 g/mol. The Balaban J connectivity index is 1.92. The van der Waals surface area contributed by atoms with Crippen LogP contribution in [-0.4, -0.2) is 21.2 Å². The zero-order valence-electron chi connectivity index (χ0n) is 11.5. The van der Waals surface area contributed by atoms with Crippen molar-refractivity contribution >= 4 is 5.97 Å². The molecule has 1 unspecified atom stereocenters. The molecule has 0 radical (unpaired) electrons. The van der Waals surface area contributed by atoms with Gasteiger partial charge in [-0.05, 0) is 18.8 Å². The monoisotopic (exact) mass is 266 g/mol. The van der Waals surface area contributed by atoms with Gasteiger partial charge in [-0.1, -0.05) is 37.8 Å². The summed E-state index contributed by atoms with van der Waals surface area (Å²) in [6, 6.07) is 0. The maximum atomic E-state index is 10.6. The average Bonchev–Trinajstić information content (AvgIpc) is 2.63. The lowest BCUT2D eigenvalue weighted by Crippen LogP contribution is -2.07. The van der Waals surface area contributed by atoms with E-state index in [1.54, 1.807) is 0 Å². The van der Waals surface area contributed by atoms with Crippen molar-refractivity contribution in [1.29, 1.82) is 0 Å². The van der Waals surface area contributed by atoms with Crippen molar-refractivity contribution in [3.8, 4) is 0 Å². The minimum absolute atomic E-state index is 0.0277. The molecule has 0 amide bonds. The Morgan fingerprint density at radius 1 is 1.37 bits per heavy atom. The fourth-order valence-electron chi connectivity index (χ4n) is 2.72. The minimum Gasteiger partial charge on any atom is -0.481 e. The molecule has 5 heteroatoms. The summed E-state index contributed by atoms with van der Waals surface area (Å²) in [7, 11) is 0. The molecule has 0 saturated heterocycles. The van der Waals surface area contributed by atoms with Gasteiger partial charge in [0.2, 0.25) is 5.89 Å². The maximum absolute atomic E-state index is 10.6. The summed E-state index contributed by atoms with van der Waals surface area (Å²) in [5.74, 6) is 1.07. The topological polar surface area (TPSA) is 76.2 Å². The average molecular weight is 266 g/mol. The molecule has 1 fully saturated rings. The third-order valence-corrected chi connectivity index (χ3v) is 3.75. The van der Waals surface area contributed by atoms with Gasteiger partial charge in [0, 0.05) is 18.8 Å². The number of hydrogen-bond donors (Lipinski definition) is 1. The molecule has 1 aliphatic carbocycles. The van der Waals surface area contributed by atoms with Gasteiger partial charge in [-0.3, -0.25) is 4.79 Å². The molecule has 106 valence electrons. The van der Waals surface area contributed by atoms with E-state index >= 15 is 0 Å². The van der Waals surface area contributed by atoms with Gasteiger partial charge in [0.05, 0.1) is 0 Å². The number of hydrogen-bond acceptors (Lipinski definition) is 4. The first-order valence-corrected chi connectivity index (χ1v) is 7.19. The molecule has 1 aromatic heterocycles. The van der Waals surface area contributed by atoms with E-state index in [2.05, 4.69) is 10.1 Å². The highest BCUT2D eigenvalue weighted by molar-refractivity contribution is 5.66. The van der Waals surface area contributed by atoms with Crippen LogP contribution in [0.5, 0.6) is 0 Å². The Labute approximate surface area is 113 Å². The van der Waals surface area contributed by atoms with Crippen molar-refractivity contribution in [3.63, 3.8) is 0 Å². The van der Waals surface area contributed by atoms with Gasteiger partial charge in [-0.25, -0.2) is 0 Å². The van der Waals surface area contributed by atoms with E-state index in [1.807, 2.05) is 6.92 Å². The van der Waals surface area contributed by atoms with Gasteiger partial charge in [-0.2, -0.15) is 4.98 Å². The molecule has 0 aromatic carbocycles. The smallest absolute Gasteiger partial charge is 0.303 e. The minimum atomic E-state index is -0.781. The molecule has 1 atom stereocenters. The van der Waals surface area contributed by atoms with Crippen LogP contribution in [0.25, 0.3) is 0 Å². The molecule has 1 N–H and O–H groups in total. The summed E-state index contributed by atoms with van der Waals surface area (Å²) in [6.45, 7) is 1.89. The second-order valence-electron chi connectivity index (χ2n) is 5.64. The van der Waals surface area contributed by atoms with Crippen molar-refractivity contribution in [1.82, 2.24) is 10.1 Å². The van der Waals surface area contributed by atoms with E-state index in [-0.39, 0.29) is 12.3 Å². The highest BCUT2D eigenvalue weighted by atomic mass is 16.5. The summed E-state index contributed by atoms with van der Waals surface area (Å²) < 4.78 is 5.26. The highest BCUT2D eigenvalue weighted by Gasteiger charge is 2.21. The number of carboxylic acid groups (broad SMARTS) is 1. The molecule has 0 bridgehead atoms. The molecule has 5 nitrogen and oxygen atoms in total. The third kappa shape index (κ3) is 4.33. The van der Waals surface area contributed by atoms with Crippen molar-refractivity contribution in [3.05, 3.63) is 11.7 Å². The molecule has 0 aliphatic heterocycles. The second kappa shape index (κ2) is 6.68. The summed E-state index contributed by atoms with van der Waals surface area (Å²) in [5.41, 5.74) is 0. The van der Waals surface area contributed by atoms with E-state index in [0.29, 0.717) is 18.2 Å². The first-order chi connectivity index (χ1) is 9.15. The van der Waals surface area contributed by atoms with Crippen LogP contribution in [0.15, 0.2) is 4.52 Å². The van der Waals surface area contributed by atoms with E-state index in [9.17, 15) is 4.79 Å². The van der Waals surface area contributed by atoms with Crippen LogP contribution in [0.4, 0.5) is 0 Å². The van der Waals surface area contributed by atoms with Crippen LogP contribution < -0.4 is 0 Å². The maximum Gasteiger partial charge on any atom is 0.303 e. The van der Waals surface area contributed by atoms with Gasteiger partial charge in [0.25, 0.3) is 0 Å². The van der Waals surface area contributed by atoms with Crippen LogP contribution >= 0.6 is 0 Å². The molecule has 0 spiro atoms. The predicted molar refractivity (Wildman–Crippen MR) is 69.9 cm³/mol. The van der Waals surface area contributed by atoms with Crippen LogP contribution in [0.3, 0.4) is 0 Å². The first-order valence-electron chi connectivity index (χ1n) is 7.19. The number of aromatic nitrogens is 2. The summed E-state index contributed by atoms with van der Waals surface area (Å²) >= 11 is 0. The highest BCUT2D eigenvalue weighted by Crippen LogP contribution is 2.30. The molecule has 1 aromatic rings. The van der Waals surface area contributed by atoms with Gasteiger partial charge >= 0.3 is 5.97 Å². The van der Waals surface area contributed by atoms with E-state index in [1.165, 1.54) is 25.7 Å². The summed E-state index contributed by atoms with van der Waals surface area (Å²) in [5, 5.41) is 12.8. The molecule has 19 heavy (non-hydrogen) atoms. The molecule has 1 heterocycles. The Bertz CT molecular complexity index is 409. The number of nitrogens with zero attached hydrogens (tertiary/aromatic N) is 2. The summed E-state index contributed by atoms with van der Waals surface area (Å²) in [4.78, 5) is 15.1. The number of carboxylic acids is 1. The van der Waals surface area contributed by atoms with Crippen molar-refractivity contribution in [2.75, 3.05) is 0 Å². The van der Waals surface area contributed by atoms with Crippen LogP contribution in [0.1, 0.15) is 69.5 Å². The Kier molecular flexibility index (Phi) is 4.93. The van der Waals surface area contributed by atoms with Crippen LogP contribution in [-0.2, 0) is 11.2 Å².